The summed E-state index contributed by atoms with van der Waals surface area (Å²) in [6.07, 6.45) is -0.298. The summed E-state index contributed by atoms with van der Waals surface area (Å²) < 4.78 is 0. The number of rotatable bonds is 12. The van der Waals surface area contributed by atoms with Crippen molar-refractivity contribution >= 4 is 67.0 Å². The van der Waals surface area contributed by atoms with Gasteiger partial charge in [0.25, 0.3) is 0 Å². The summed E-state index contributed by atoms with van der Waals surface area (Å²) in [6, 6.07) is 66.7. The molecule has 0 bridgehead atoms. The summed E-state index contributed by atoms with van der Waals surface area (Å²) in [6.45, 7) is 0. The predicted molar refractivity (Wildman–Crippen MR) is 251 cm³/mol. The Kier molecular flexibility index (Phi) is 16.7. The zero-order valence-corrected chi connectivity index (χ0v) is 36.8. The second kappa shape index (κ2) is 23.0. The summed E-state index contributed by atoms with van der Waals surface area (Å²) in [5.74, 6) is -0.849. The van der Waals surface area contributed by atoms with Gasteiger partial charge >= 0.3 is 0 Å². The van der Waals surface area contributed by atoms with Gasteiger partial charge in [-0.15, -0.1) is 0 Å². The van der Waals surface area contributed by atoms with Crippen molar-refractivity contribution in [3.8, 4) is 0 Å². The van der Waals surface area contributed by atoms with E-state index in [4.69, 9.17) is 0 Å². The summed E-state index contributed by atoms with van der Waals surface area (Å²) in [4.78, 5) is 73.7. The zero-order chi connectivity index (χ0) is 44.0. The molecule has 0 saturated carbocycles. The quantitative estimate of drug-likeness (QED) is 0.0892. The molecule has 7 heteroatoms. The Morgan fingerprint density at radius 2 is 0.453 bits per heavy atom. The molecule has 0 aliphatic carbocycles. The van der Waals surface area contributed by atoms with Gasteiger partial charge < -0.3 is 0 Å². The molecule has 0 aromatic heterocycles. The van der Waals surface area contributed by atoms with Crippen molar-refractivity contribution < 1.29 is 67.4 Å². The van der Waals surface area contributed by atoms with Crippen molar-refractivity contribution in [2.75, 3.05) is 0 Å². The van der Waals surface area contributed by atoms with Crippen LogP contribution in [0.25, 0.3) is 32.3 Å². The largest absolute Gasteiger partial charge is 0.294 e. The fraction of sp³-hybridized carbons (Fsp3) is 0.0526. The van der Waals surface area contributed by atoms with Crippen LogP contribution in [0.3, 0.4) is 0 Å². The van der Waals surface area contributed by atoms with E-state index in [-0.39, 0.29) is 92.6 Å². The van der Waals surface area contributed by atoms with Gasteiger partial charge in [-0.05, 0) is 32.3 Å². The van der Waals surface area contributed by atoms with Crippen molar-refractivity contribution in [1.82, 2.24) is 0 Å². The van der Waals surface area contributed by atoms with E-state index in [2.05, 4.69) is 0 Å². The molecule has 6 nitrogen and oxygen atoms in total. The predicted octanol–water partition coefficient (Wildman–Crippen LogP) is 12.9. The normalized spacial score (nSPS) is 10.3. The maximum absolute atomic E-state index is 12.4. The summed E-state index contributed by atoms with van der Waals surface area (Å²) in [5.41, 5.74) is 3.55. The standard InChI is InChI=1S/3C19H14O2.Tb/c3*20-18(15-8-2-1-3-9-15)13-19(21)17-12-6-10-14-7-4-5-11-16(14)17;/h3*1-12H,13H2;. The maximum atomic E-state index is 12.4. The average molecular weight is 982 g/mol. The molecule has 0 heterocycles. The molecule has 9 rings (SSSR count). The number of fused-ring (bicyclic) bond motifs is 3. The van der Waals surface area contributed by atoms with Crippen molar-refractivity contribution in [2.45, 2.75) is 19.3 Å². The van der Waals surface area contributed by atoms with Crippen molar-refractivity contribution in [3.05, 3.63) is 252 Å². The van der Waals surface area contributed by atoms with Crippen LogP contribution < -0.4 is 0 Å². The van der Waals surface area contributed by atoms with Gasteiger partial charge in [0.1, 0.15) is 0 Å². The van der Waals surface area contributed by atoms with E-state index in [1.165, 1.54) is 0 Å². The van der Waals surface area contributed by atoms with Crippen LogP contribution in [0.2, 0.25) is 0 Å². The molecule has 0 saturated heterocycles. The topological polar surface area (TPSA) is 102 Å². The van der Waals surface area contributed by atoms with E-state index in [1.807, 2.05) is 127 Å². The molecule has 1 radical (unpaired) electrons. The monoisotopic (exact) mass is 981 g/mol. The van der Waals surface area contributed by atoms with Gasteiger partial charge in [0.05, 0.1) is 19.3 Å². The van der Waals surface area contributed by atoms with Gasteiger partial charge in [-0.3, -0.25) is 28.8 Å². The first-order chi connectivity index (χ1) is 30.8. The van der Waals surface area contributed by atoms with E-state index in [0.717, 1.165) is 32.3 Å². The number of hydrogen-bond donors (Lipinski definition) is 0. The molecular weight excluding hydrogens is 940 g/mol. The molecular formula is C57H42O6Tb. The molecule has 315 valence electrons. The molecule has 0 atom stereocenters. The number of carbonyl (C=O) groups excluding carboxylic acids is 6. The Labute approximate surface area is 402 Å². The molecule has 0 unspecified atom stereocenters. The maximum Gasteiger partial charge on any atom is 0.171 e. The number of benzene rings is 9. The Morgan fingerprint density at radius 1 is 0.234 bits per heavy atom. The Hall–Kier alpha value is -6.93. The Morgan fingerprint density at radius 3 is 0.719 bits per heavy atom. The van der Waals surface area contributed by atoms with Crippen molar-refractivity contribution in [1.29, 1.82) is 0 Å². The minimum Gasteiger partial charge on any atom is -0.294 e. The van der Waals surface area contributed by atoms with Crippen LogP contribution in [0, 0.1) is 38.6 Å². The number of hydrogen-bond acceptors (Lipinski definition) is 6. The van der Waals surface area contributed by atoms with E-state index < -0.39 is 0 Å². The van der Waals surface area contributed by atoms with E-state index >= 15 is 0 Å². The molecule has 64 heavy (non-hydrogen) atoms. The molecule has 0 aliphatic rings. The van der Waals surface area contributed by atoms with Crippen LogP contribution in [-0.4, -0.2) is 34.7 Å². The van der Waals surface area contributed by atoms with Gasteiger partial charge in [0.2, 0.25) is 0 Å². The van der Waals surface area contributed by atoms with Crippen molar-refractivity contribution in [2.24, 2.45) is 0 Å². The van der Waals surface area contributed by atoms with Gasteiger partial charge in [-0.2, -0.15) is 0 Å². The second-order valence-corrected chi connectivity index (χ2v) is 14.7. The summed E-state index contributed by atoms with van der Waals surface area (Å²) in [7, 11) is 0. The van der Waals surface area contributed by atoms with Gasteiger partial charge in [0.15, 0.2) is 34.7 Å². The third kappa shape index (κ3) is 11.9. The average Bonchev–Trinajstić information content (AvgIpc) is 3.34. The Bertz CT molecular complexity index is 2740. The SMILES string of the molecule is O=C(CC(=O)c1cccc2ccccc12)c1ccccc1.O=C(CC(=O)c1cccc2ccccc12)c1ccccc1.O=C(CC(=O)c1cccc2ccccc12)c1ccccc1.[Tb]. The number of carbonyl (C=O) groups is 6. The smallest absolute Gasteiger partial charge is 0.171 e. The van der Waals surface area contributed by atoms with Crippen LogP contribution in [0.15, 0.2) is 218 Å². The Balaban J connectivity index is 0.000000158. The van der Waals surface area contributed by atoms with Gasteiger partial charge in [0, 0.05) is 72.0 Å². The van der Waals surface area contributed by atoms with Crippen LogP contribution >= 0.6 is 0 Å². The second-order valence-electron chi connectivity index (χ2n) is 14.7. The van der Waals surface area contributed by atoms with Crippen LogP contribution in [-0.2, 0) is 0 Å². The molecule has 0 spiro atoms. The first kappa shape index (κ1) is 46.6. The fourth-order valence-electron chi connectivity index (χ4n) is 7.31. The fourth-order valence-corrected chi connectivity index (χ4v) is 7.31. The van der Waals surface area contributed by atoms with Crippen LogP contribution in [0.5, 0.6) is 0 Å². The first-order valence-corrected chi connectivity index (χ1v) is 20.5. The molecule has 0 aliphatic heterocycles. The van der Waals surface area contributed by atoms with Crippen molar-refractivity contribution in [3.63, 3.8) is 0 Å². The minimum absolute atomic E-state index is 0. The summed E-state index contributed by atoms with van der Waals surface area (Å²) in [5, 5.41) is 5.71. The van der Waals surface area contributed by atoms with E-state index in [1.54, 1.807) is 91.0 Å². The molecule has 0 amide bonds. The number of ketones is 6. The molecule has 0 fully saturated rings. The molecule has 9 aromatic rings. The first-order valence-electron chi connectivity index (χ1n) is 20.5. The third-order valence-electron chi connectivity index (χ3n) is 10.5. The molecule has 0 N–H and O–H groups in total. The van der Waals surface area contributed by atoms with E-state index in [9.17, 15) is 28.8 Å². The van der Waals surface area contributed by atoms with Gasteiger partial charge in [-0.25, -0.2) is 0 Å². The minimum atomic E-state index is -0.145. The zero-order valence-electron chi connectivity index (χ0n) is 34.7. The summed E-state index contributed by atoms with van der Waals surface area (Å²) >= 11 is 0. The van der Waals surface area contributed by atoms with E-state index in [0.29, 0.717) is 33.4 Å². The number of Topliss-reactive ketones (excluding diaryl/α,β-unsaturated/α-hetero) is 6. The molecule has 9 aromatic carbocycles. The van der Waals surface area contributed by atoms with Gasteiger partial charge in [-0.1, -0.05) is 218 Å². The van der Waals surface area contributed by atoms with Crippen LogP contribution in [0.4, 0.5) is 0 Å². The third-order valence-corrected chi connectivity index (χ3v) is 10.5. The van der Waals surface area contributed by atoms with Crippen LogP contribution in [0.1, 0.15) is 81.4 Å².